The Morgan fingerprint density at radius 3 is 2.32 bits per heavy atom. The summed E-state index contributed by atoms with van der Waals surface area (Å²) >= 11 is 5.79. The summed E-state index contributed by atoms with van der Waals surface area (Å²) in [6.45, 7) is 4.21. The Kier molecular flexibility index (Phi) is 8.94. The Hall–Kier alpha value is -2.12. The summed E-state index contributed by atoms with van der Waals surface area (Å²) in [7, 11) is 1.66. The molecule has 0 bridgehead atoms. The van der Waals surface area contributed by atoms with Gasteiger partial charge in [0.1, 0.15) is 6.04 Å². The van der Waals surface area contributed by atoms with Gasteiger partial charge in [0.2, 0.25) is 17.7 Å². The summed E-state index contributed by atoms with van der Waals surface area (Å²) in [4.78, 5) is 37.2. The van der Waals surface area contributed by atoms with Gasteiger partial charge in [-0.05, 0) is 44.7 Å². The normalized spacial score (nSPS) is 11.7. The minimum atomic E-state index is -0.615. The summed E-state index contributed by atoms with van der Waals surface area (Å²) in [6, 6.07) is 6.14. The average Bonchev–Trinajstić information content (AvgIpc) is 2.54. The lowest BCUT2D eigenvalue weighted by Crippen LogP contribution is -2.48. The lowest BCUT2D eigenvalue weighted by Gasteiger charge is -2.18. The highest BCUT2D eigenvalue weighted by atomic mass is 35.5. The van der Waals surface area contributed by atoms with Gasteiger partial charge in [0.15, 0.2) is 0 Å². The molecule has 1 aromatic carbocycles. The van der Waals surface area contributed by atoms with Crippen LogP contribution in [0.1, 0.15) is 20.3 Å². The quantitative estimate of drug-likeness (QED) is 0.611. The summed E-state index contributed by atoms with van der Waals surface area (Å²) < 4.78 is 0. The minimum Gasteiger partial charge on any atom is -0.354 e. The molecule has 1 aromatic rings. The van der Waals surface area contributed by atoms with Crippen molar-refractivity contribution in [1.82, 2.24) is 15.5 Å². The van der Waals surface area contributed by atoms with Gasteiger partial charge < -0.3 is 16.0 Å². The van der Waals surface area contributed by atoms with E-state index in [4.69, 9.17) is 11.6 Å². The number of anilines is 1. The van der Waals surface area contributed by atoms with Crippen LogP contribution in [0.4, 0.5) is 5.69 Å². The first-order valence-corrected chi connectivity index (χ1v) is 8.50. The molecule has 0 heterocycles. The molecular weight excluding hydrogens is 344 g/mol. The molecular formula is C17H25ClN4O3. The molecule has 1 atom stereocenters. The summed E-state index contributed by atoms with van der Waals surface area (Å²) in [5.41, 5.74) is 0.633. The second-order valence-electron chi connectivity index (χ2n) is 5.81. The van der Waals surface area contributed by atoms with Crippen LogP contribution in [-0.4, -0.2) is 55.3 Å². The average molecular weight is 369 g/mol. The lowest BCUT2D eigenvalue weighted by molar-refractivity contribution is -0.129. The Morgan fingerprint density at radius 2 is 1.72 bits per heavy atom. The zero-order valence-corrected chi connectivity index (χ0v) is 15.5. The van der Waals surface area contributed by atoms with Crippen molar-refractivity contribution in [3.8, 4) is 0 Å². The molecule has 3 N–H and O–H groups in total. The smallest absolute Gasteiger partial charge is 0.242 e. The van der Waals surface area contributed by atoms with E-state index in [0.29, 0.717) is 17.3 Å². The van der Waals surface area contributed by atoms with E-state index >= 15 is 0 Å². The molecule has 3 amide bonds. The summed E-state index contributed by atoms with van der Waals surface area (Å²) in [5, 5.41) is 8.63. The van der Waals surface area contributed by atoms with Crippen LogP contribution in [0, 0.1) is 0 Å². The second-order valence-corrected chi connectivity index (χ2v) is 6.24. The summed E-state index contributed by atoms with van der Waals surface area (Å²) in [5.74, 6) is -0.786. The zero-order chi connectivity index (χ0) is 18.8. The van der Waals surface area contributed by atoms with Gasteiger partial charge in [0.05, 0.1) is 13.1 Å². The van der Waals surface area contributed by atoms with Crippen LogP contribution < -0.4 is 16.0 Å². The Morgan fingerprint density at radius 1 is 1.12 bits per heavy atom. The number of nitrogens with zero attached hydrogens (tertiary/aromatic N) is 1. The van der Waals surface area contributed by atoms with E-state index in [1.54, 1.807) is 43.1 Å². The number of benzene rings is 1. The molecule has 0 fully saturated rings. The highest BCUT2D eigenvalue weighted by Gasteiger charge is 2.17. The molecule has 138 valence electrons. The molecule has 7 nitrogen and oxygen atoms in total. The van der Waals surface area contributed by atoms with Crippen LogP contribution >= 0.6 is 11.6 Å². The van der Waals surface area contributed by atoms with E-state index in [1.165, 1.54) is 0 Å². The van der Waals surface area contributed by atoms with Crippen LogP contribution in [0.15, 0.2) is 24.3 Å². The largest absolute Gasteiger partial charge is 0.354 e. The first kappa shape index (κ1) is 20.9. The molecule has 0 aliphatic carbocycles. The number of likely N-dealkylation sites (N-methyl/N-ethyl adjacent to an activating group) is 1. The van der Waals surface area contributed by atoms with E-state index < -0.39 is 6.04 Å². The molecule has 0 spiro atoms. The van der Waals surface area contributed by atoms with Gasteiger partial charge in [0, 0.05) is 17.3 Å². The van der Waals surface area contributed by atoms with E-state index in [-0.39, 0.29) is 30.8 Å². The van der Waals surface area contributed by atoms with Gasteiger partial charge in [-0.1, -0.05) is 18.5 Å². The molecule has 0 saturated carbocycles. The maximum Gasteiger partial charge on any atom is 0.242 e. The van der Waals surface area contributed by atoms with Crippen molar-refractivity contribution < 1.29 is 14.4 Å². The van der Waals surface area contributed by atoms with Crippen molar-refractivity contribution in [2.45, 2.75) is 26.3 Å². The Labute approximate surface area is 153 Å². The number of nitrogens with one attached hydrogen (secondary N) is 3. The number of amides is 3. The molecule has 0 aliphatic heterocycles. The first-order chi connectivity index (χ1) is 11.8. The van der Waals surface area contributed by atoms with Gasteiger partial charge in [-0.3, -0.25) is 19.3 Å². The van der Waals surface area contributed by atoms with Crippen molar-refractivity contribution in [2.24, 2.45) is 0 Å². The highest BCUT2D eigenvalue weighted by Crippen LogP contribution is 2.13. The fourth-order valence-corrected chi connectivity index (χ4v) is 2.16. The molecule has 0 radical (unpaired) electrons. The van der Waals surface area contributed by atoms with Gasteiger partial charge >= 0.3 is 0 Å². The number of rotatable bonds is 9. The highest BCUT2D eigenvalue weighted by molar-refractivity contribution is 6.30. The third-order valence-corrected chi connectivity index (χ3v) is 3.53. The van der Waals surface area contributed by atoms with Gasteiger partial charge in [-0.25, -0.2) is 0 Å². The third kappa shape index (κ3) is 8.51. The zero-order valence-electron chi connectivity index (χ0n) is 14.8. The van der Waals surface area contributed by atoms with E-state index in [1.807, 2.05) is 6.92 Å². The maximum atomic E-state index is 12.0. The number of hydrogen-bond acceptors (Lipinski definition) is 4. The van der Waals surface area contributed by atoms with E-state index in [9.17, 15) is 14.4 Å². The third-order valence-electron chi connectivity index (χ3n) is 3.28. The second kappa shape index (κ2) is 10.7. The van der Waals surface area contributed by atoms with Crippen molar-refractivity contribution in [3.63, 3.8) is 0 Å². The number of carbonyl (C=O) groups excluding carboxylic acids is 3. The Bertz CT molecular complexity index is 592. The number of hydrogen-bond donors (Lipinski definition) is 3. The van der Waals surface area contributed by atoms with Crippen LogP contribution in [0.5, 0.6) is 0 Å². The maximum absolute atomic E-state index is 12.0. The van der Waals surface area contributed by atoms with Crippen LogP contribution in [0.2, 0.25) is 5.02 Å². The number of halogens is 1. The topological polar surface area (TPSA) is 90.5 Å². The standard InChI is InChI=1S/C17H25ClN4O3/c1-4-9-19-17(25)12(2)20-15(23)10-22(3)11-16(24)21-14-7-5-13(18)6-8-14/h5-8,12H,4,9-11H2,1-3H3,(H,19,25)(H,20,23)(H,21,24)/t12-/m1/s1. The van der Waals surface area contributed by atoms with E-state index in [2.05, 4.69) is 16.0 Å². The molecule has 0 aliphatic rings. The van der Waals surface area contributed by atoms with Crippen LogP contribution in [0.25, 0.3) is 0 Å². The van der Waals surface area contributed by atoms with Gasteiger partial charge in [-0.15, -0.1) is 0 Å². The first-order valence-electron chi connectivity index (χ1n) is 8.12. The van der Waals surface area contributed by atoms with Crippen LogP contribution in [-0.2, 0) is 14.4 Å². The molecule has 0 aromatic heterocycles. The fraction of sp³-hybridized carbons (Fsp3) is 0.471. The van der Waals surface area contributed by atoms with Crippen molar-refractivity contribution in [2.75, 3.05) is 32.0 Å². The Balaban J connectivity index is 2.35. The van der Waals surface area contributed by atoms with Crippen molar-refractivity contribution >= 4 is 35.0 Å². The lowest BCUT2D eigenvalue weighted by atomic mass is 10.3. The van der Waals surface area contributed by atoms with Crippen LogP contribution in [0.3, 0.4) is 0 Å². The predicted molar refractivity (Wildman–Crippen MR) is 98.5 cm³/mol. The molecule has 1 rings (SSSR count). The predicted octanol–water partition coefficient (Wildman–Crippen LogP) is 1.24. The summed E-state index contributed by atoms with van der Waals surface area (Å²) in [6.07, 6.45) is 0.831. The minimum absolute atomic E-state index is 0.0133. The van der Waals surface area contributed by atoms with Crippen molar-refractivity contribution in [3.05, 3.63) is 29.3 Å². The molecule has 0 unspecified atom stereocenters. The molecule has 8 heteroatoms. The monoisotopic (exact) mass is 368 g/mol. The SMILES string of the molecule is CCCNC(=O)[C@@H](C)NC(=O)CN(C)CC(=O)Nc1ccc(Cl)cc1. The van der Waals surface area contributed by atoms with Gasteiger partial charge in [0.25, 0.3) is 0 Å². The molecule has 0 saturated heterocycles. The fourth-order valence-electron chi connectivity index (χ4n) is 2.03. The van der Waals surface area contributed by atoms with E-state index in [0.717, 1.165) is 6.42 Å². The van der Waals surface area contributed by atoms with Crippen molar-refractivity contribution in [1.29, 1.82) is 0 Å². The molecule has 25 heavy (non-hydrogen) atoms. The van der Waals surface area contributed by atoms with Gasteiger partial charge in [-0.2, -0.15) is 0 Å². The number of carbonyl (C=O) groups is 3.